The van der Waals surface area contributed by atoms with E-state index in [1.54, 1.807) is 0 Å². The number of fused-ring (bicyclic) bond motifs is 1. The van der Waals surface area contributed by atoms with Crippen molar-refractivity contribution < 1.29 is 9.53 Å². The van der Waals surface area contributed by atoms with Crippen LogP contribution in [0.25, 0.3) is 0 Å². The third kappa shape index (κ3) is 0.909. The Balaban J connectivity index is 2.29. The van der Waals surface area contributed by atoms with Crippen molar-refractivity contribution in [1.29, 1.82) is 0 Å². The number of rotatable bonds is 1. The highest BCUT2D eigenvalue weighted by Gasteiger charge is 2.47. The molecule has 1 saturated heterocycles. The van der Waals surface area contributed by atoms with Gasteiger partial charge in [-0.15, -0.1) is 0 Å². The smallest absolute Gasteiger partial charge is 0.162 e. The van der Waals surface area contributed by atoms with Gasteiger partial charge in [-0.1, -0.05) is 12.2 Å². The predicted octanol–water partition coefficient (Wildman–Crippen LogP) is 1.82. The standard InChI is InChI=1S/C10H12O2/c1-5(2)7-4-8(11)6(3)9-10(7)12-9/h7,10H,1,4H2,2-3H3. The Morgan fingerprint density at radius 2 is 2.33 bits per heavy atom. The number of hydrogen-bond acceptors (Lipinski definition) is 2. The Hall–Kier alpha value is -1.05. The van der Waals surface area contributed by atoms with E-state index in [-0.39, 0.29) is 17.8 Å². The molecule has 0 amide bonds. The van der Waals surface area contributed by atoms with Crippen molar-refractivity contribution in [2.45, 2.75) is 26.4 Å². The predicted molar refractivity (Wildman–Crippen MR) is 45.5 cm³/mol. The molecule has 0 N–H and O–H groups in total. The molecule has 2 nitrogen and oxygen atoms in total. The zero-order valence-electron chi connectivity index (χ0n) is 7.39. The van der Waals surface area contributed by atoms with Crippen LogP contribution in [0.5, 0.6) is 0 Å². The van der Waals surface area contributed by atoms with Crippen LogP contribution >= 0.6 is 0 Å². The Kier molecular flexibility index (Phi) is 1.40. The van der Waals surface area contributed by atoms with Crippen molar-refractivity contribution in [1.82, 2.24) is 0 Å². The van der Waals surface area contributed by atoms with Gasteiger partial charge in [0.2, 0.25) is 0 Å². The lowest BCUT2D eigenvalue weighted by Gasteiger charge is -2.14. The minimum atomic E-state index is 0.181. The SMILES string of the molecule is C=C(C)C1CC(=O)C(C)=C2OC21. The van der Waals surface area contributed by atoms with E-state index in [4.69, 9.17) is 4.74 Å². The van der Waals surface area contributed by atoms with Gasteiger partial charge in [0.05, 0.1) is 0 Å². The van der Waals surface area contributed by atoms with E-state index < -0.39 is 0 Å². The summed E-state index contributed by atoms with van der Waals surface area (Å²) in [5, 5.41) is 0. The van der Waals surface area contributed by atoms with Gasteiger partial charge < -0.3 is 4.74 Å². The molecule has 2 atom stereocenters. The highest BCUT2D eigenvalue weighted by Crippen LogP contribution is 2.45. The Morgan fingerprint density at radius 1 is 1.67 bits per heavy atom. The second-order valence-corrected chi connectivity index (χ2v) is 3.61. The van der Waals surface area contributed by atoms with E-state index in [0.717, 1.165) is 16.9 Å². The van der Waals surface area contributed by atoms with Crippen LogP contribution in [-0.2, 0) is 9.53 Å². The van der Waals surface area contributed by atoms with Crippen molar-refractivity contribution in [3.8, 4) is 0 Å². The van der Waals surface area contributed by atoms with Gasteiger partial charge in [0, 0.05) is 17.9 Å². The molecular weight excluding hydrogens is 152 g/mol. The molecule has 1 fully saturated rings. The van der Waals surface area contributed by atoms with E-state index in [1.165, 1.54) is 0 Å². The topological polar surface area (TPSA) is 29.6 Å². The van der Waals surface area contributed by atoms with E-state index in [0.29, 0.717) is 6.42 Å². The lowest BCUT2D eigenvalue weighted by Crippen LogP contribution is -2.19. The maximum Gasteiger partial charge on any atom is 0.162 e. The summed E-state index contributed by atoms with van der Waals surface area (Å²) in [6.07, 6.45) is 0.759. The first-order valence-corrected chi connectivity index (χ1v) is 4.17. The van der Waals surface area contributed by atoms with E-state index in [1.807, 2.05) is 13.8 Å². The molecular formula is C10H12O2. The molecule has 1 aliphatic heterocycles. The lowest BCUT2D eigenvalue weighted by molar-refractivity contribution is -0.116. The van der Waals surface area contributed by atoms with E-state index in [2.05, 4.69) is 6.58 Å². The monoisotopic (exact) mass is 164 g/mol. The molecule has 1 heterocycles. The Labute approximate surface area is 71.9 Å². The van der Waals surface area contributed by atoms with E-state index in [9.17, 15) is 4.79 Å². The zero-order chi connectivity index (χ0) is 8.88. The van der Waals surface area contributed by atoms with Crippen LogP contribution < -0.4 is 0 Å². The number of hydrogen-bond donors (Lipinski definition) is 0. The number of Topliss-reactive ketones (excluding diaryl/α,β-unsaturated/α-hetero) is 1. The summed E-state index contributed by atoms with van der Waals surface area (Å²) < 4.78 is 5.33. The lowest BCUT2D eigenvalue weighted by atomic mass is 9.85. The van der Waals surface area contributed by atoms with Gasteiger partial charge in [0.1, 0.15) is 5.76 Å². The molecule has 0 aromatic rings. The molecule has 2 unspecified atom stereocenters. The summed E-state index contributed by atoms with van der Waals surface area (Å²) in [5.74, 6) is 1.35. The van der Waals surface area contributed by atoms with Gasteiger partial charge in [-0.2, -0.15) is 0 Å². The van der Waals surface area contributed by atoms with Gasteiger partial charge in [-0.25, -0.2) is 0 Å². The number of carbonyl (C=O) groups excluding carboxylic acids is 1. The molecule has 0 radical (unpaired) electrons. The summed E-state index contributed by atoms with van der Waals surface area (Å²) >= 11 is 0. The highest BCUT2D eigenvalue weighted by molar-refractivity contribution is 5.97. The largest absolute Gasteiger partial charge is 0.482 e. The molecule has 2 aliphatic rings. The number of ketones is 1. The minimum absolute atomic E-state index is 0.181. The quantitative estimate of drug-likeness (QED) is 0.437. The first kappa shape index (κ1) is 7.59. The van der Waals surface area contributed by atoms with Crippen LogP contribution in [0.1, 0.15) is 20.3 Å². The number of ether oxygens (including phenoxy) is 1. The van der Waals surface area contributed by atoms with Crippen LogP contribution in [0.15, 0.2) is 23.5 Å². The summed E-state index contributed by atoms with van der Waals surface area (Å²) in [5.41, 5.74) is 1.87. The maximum absolute atomic E-state index is 11.4. The van der Waals surface area contributed by atoms with Crippen LogP contribution in [-0.4, -0.2) is 11.9 Å². The Morgan fingerprint density at radius 3 is 2.92 bits per heavy atom. The van der Waals surface area contributed by atoms with Crippen molar-refractivity contribution in [3.05, 3.63) is 23.5 Å². The third-order valence-corrected chi connectivity index (χ3v) is 2.65. The normalized spacial score (nSPS) is 32.7. The third-order valence-electron chi connectivity index (χ3n) is 2.65. The van der Waals surface area contributed by atoms with Crippen molar-refractivity contribution >= 4 is 5.78 Å². The van der Waals surface area contributed by atoms with Crippen LogP contribution in [0.2, 0.25) is 0 Å². The number of carbonyl (C=O) groups is 1. The highest BCUT2D eigenvalue weighted by atomic mass is 16.6. The van der Waals surface area contributed by atoms with Gasteiger partial charge in [0.15, 0.2) is 11.9 Å². The molecule has 2 rings (SSSR count). The number of allylic oxidation sites excluding steroid dienone is 1. The summed E-state index contributed by atoms with van der Waals surface area (Å²) in [6.45, 7) is 7.66. The fraction of sp³-hybridized carbons (Fsp3) is 0.500. The van der Waals surface area contributed by atoms with Crippen LogP contribution in [0, 0.1) is 5.92 Å². The molecule has 0 saturated carbocycles. The molecule has 64 valence electrons. The number of epoxide rings is 1. The summed E-state index contributed by atoms with van der Waals surface area (Å²) in [7, 11) is 0. The fourth-order valence-corrected chi connectivity index (χ4v) is 1.70. The van der Waals surface area contributed by atoms with Gasteiger partial charge >= 0.3 is 0 Å². The molecule has 0 aromatic carbocycles. The van der Waals surface area contributed by atoms with Crippen molar-refractivity contribution in [3.63, 3.8) is 0 Å². The average molecular weight is 164 g/mol. The van der Waals surface area contributed by atoms with Crippen molar-refractivity contribution in [2.75, 3.05) is 0 Å². The molecule has 0 spiro atoms. The molecule has 2 heteroatoms. The van der Waals surface area contributed by atoms with E-state index >= 15 is 0 Å². The molecule has 0 bridgehead atoms. The van der Waals surface area contributed by atoms with Gasteiger partial charge in [-0.05, 0) is 13.8 Å². The second-order valence-electron chi connectivity index (χ2n) is 3.61. The van der Waals surface area contributed by atoms with Crippen molar-refractivity contribution in [2.24, 2.45) is 5.92 Å². The van der Waals surface area contributed by atoms with Gasteiger partial charge in [0.25, 0.3) is 0 Å². The zero-order valence-corrected chi connectivity index (χ0v) is 7.39. The second kappa shape index (κ2) is 2.22. The van der Waals surface area contributed by atoms with Gasteiger partial charge in [-0.3, -0.25) is 4.79 Å². The maximum atomic E-state index is 11.4. The minimum Gasteiger partial charge on any atom is -0.482 e. The first-order chi connectivity index (χ1) is 5.61. The van der Waals surface area contributed by atoms with Crippen LogP contribution in [0.3, 0.4) is 0 Å². The summed E-state index contributed by atoms with van der Waals surface area (Å²) in [4.78, 5) is 11.4. The molecule has 0 aromatic heterocycles. The summed E-state index contributed by atoms with van der Waals surface area (Å²) in [6, 6.07) is 0. The first-order valence-electron chi connectivity index (χ1n) is 4.17. The molecule has 1 aliphatic carbocycles. The fourth-order valence-electron chi connectivity index (χ4n) is 1.70. The molecule has 12 heavy (non-hydrogen) atoms. The average Bonchev–Trinajstić information content (AvgIpc) is 2.75. The Bertz CT molecular complexity index is 299. The van der Waals surface area contributed by atoms with Crippen LogP contribution in [0.4, 0.5) is 0 Å².